The molecule has 0 aliphatic carbocycles. The van der Waals surface area contributed by atoms with Crippen molar-refractivity contribution in [1.29, 1.82) is 0 Å². The normalized spacial score (nSPS) is 16.2. The third-order valence-corrected chi connectivity index (χ3v) is 18.5. The van der Waals surface area contributed by atoms with Crippen molar-refractivity contribution in [2.24, 2.45) is 0 Å². The van der Waals surface area contributed by atoms with Crippen molar-refractivity contribution in [2.75, 3.05) is 0 Å². The molecule has 0 radical (unpaired) electrons. The number of Topliss-reactive ketones (excluding diaryl/α,β-unsaturated/α-hetero) is 4. The molecule has 0 bridgehead atoms. The number of phenolic OH excluding ortho intramolecular Hbond substituents is 4. The first kappa shape index (κ1) is 75.8. The molecular formula is C75H124O11. The Morgan fingerprint density at radius 1 is 0.349 bits per heavy atom. The number of unbranched alkanes of at least 4 members (excludes halogenated alkanes) is 40. The summed E-state index contributed by atoms with van der Waals surface area (Å²) in [6, 6.07) is 5.82. The van der Waals surface area contributed by atoms with Gasteiger partial charge in [0.05, 0.1) is 5.56 Å². The first-order valence-electron chi connectivity index (χ1n) is 35.9. The molecule has 2 unspecified atom stereocenters. The van der Waals surface area contributed by atoms with Crippen molar-refractivity contribution in [2.45, 2.75) is 372 Å². The van der Waals surface area contributed by atoms with Crippen LogP contribution in [0.4, 0.5) is 0 Å². The topological polar surface area (TPSA) is 185 Å². The summed E-state index contributed by atoms with van der Waals surface area (Å²) in [7, 11) is 0. The molecule has 4 N–H and O–H groups in total. The van der Waals surface area contributed by atoms with Crippen LogP contribution in [0, 0.1) is 0 Å². The Hall–Kier alpha value is -4.41. The quantitative estimate of drug-likeness (QED) is 0.0214. The van der Waals surface area contributed by atoms with Gasteiger partial charge in [-0.15, -0.1) is 0 Å². The van der Waals surface area contributed by atoms with E-state index >= 15 is 24.0 Å². The molecule has 2 atom stereocenters. The van der Waals surface area contributed by atoms with Gasteiger partial charge in [0, 0.05) is 49.8 Å². The van der Waals surface area contributed by atoms with E-state index in [2.05, 4.69) is 34.6 Å². The molecule has 490 valence electrons. The van der Waals surface area contributed by atoms with Crippen molar-refractivity contribution in [3.05, 3.63) is 41.5 Å². The molecule has 0 amide bonds. The third kappa shape index (κ3) is 23.8. The van der Waals surface area contributed by atoms with Gasteiger partial charge in [0.15, 0.2) is 40.0 Å². The highest BCUT2D eigenvalue weighted by Crippen LogP contribution is 2.64. The highest BCUT2D eigenvalue weighted by atomic mass is 16.6. The first-order chi connectivity index (χ1) is 41.8. The summed E-state index contributed by atoms with van der Waals surface area (Å²) in [6.45, 7) is 10.9. The molecule has 11 heteroatoms. The fourth-order valence-corrected chi connectivity index (χ4v) is 13.5. The van der Waals surface area contributed by atoms with Crippen LogP contribution in [0.1, 0.15) is 367 Å². The number of ether oxygens (including phenoxy) is 2. The van der Waals surface area contributed by atoms with Crippen molar-refractivity contribution in [1.82, 2.24) is 0 Å². The van der Waals surface area contributed by atoms with E-state index in [0.717, 1.165) is 198 Å². The zero-order valence-electron chi connectivity index (χ0n) is 55.4. The van der Waals surface area contributed by atoms with Gasteiger partial charge in [-0.2, -0.15) is 0 Å². The van der Waals surface area contributed by atoms with Crippen LogP contribution in [0.3, 0.4) is 0 Å². The minimum absolute atomic E-state index is 0.199. The predicted molar refractivity (Wildman–Crippen MR) is 352 cm³/mol. The lowest BCUT2D eigenvalue weighted by molar-refractivity contribution is -0.221. The first-order valence-corrected chi connectivity index (χ1v) is 35.9. The Morgan fingerprint density at radius 2 is 0.663 bits per heavy atom. The van der Waals surface area contributed by atoms with E-state index in [1.807, 2.05) is 0 Å². The van der Waals surface area contributed by atoms with Gasteiger partial charge >= 0.3 is 5.97 Å². The molecule has 0 aromatic heterocycles. The van der Waals surface area contributed by atoms with Crippen LogP contribution >= 0.6 is 0 Å². The summed E-state index contributed by atoms with van der Waals surface area (Å²) in [5.41, 5.74) is -9.47. The second-order valence-electron chi connectivity index (χ2n) is 25.8. The van der Waals surface area contributed by atoms with E-state index in [1.54, 1.807) is 0 Å². The Bertz CT molecular complexity index is 2170. The monoisotopic (exact) mass is 1200 g/mol. The highest BCUT2D eigenvalue weighted by Gasteiger charge is 2.82. The van der Waals surface area contributed by atoms with Crippen LogP contribution in [-0.4, -0.2) is 55.1 Å². The molecule has 11 nitrogen and oxygen atoms in total. The van der Waals surface area contributed by atoms with Crippen molar-refractivity contribution >= 4 is 29.1 Å². The number of esters is 1. The second-order valence-corrected chi connectivity index (χ2v) is 25.8. The number of hydrogen-bond acceptors (Lipinski definition) is 11. The Morgan fingerprint density at radius 3 is 1.01 bits per heavy atom. The van der Waals surface area contributed by atoms with Crippen LogP contribution < -0.4 is 4.74 Å². The number of benzene rings is 2. The number of fused-ring (bicyclic) bond motifs is 1. The standard InChI is InChI=1S/C75H124O11/c1-6-11-16-21-26-31-36-41-46-51-67(80)73(68(81)52-47-42-37-32-27-22-17-12-7-2)72-65(79)59-62(76)60-66(72)85-74(61-56-57-63(77)64(78)58-61,69(82)53-48-43-38-33-28-23-18-13-8-3)75(73,70(83)54-49-44-39-34-29-24-19-14-9-4)86-71(84)55-50-45-40-35-30-25-20-15-10-5/h56-60,76-79H,6-55H2,1-5H3. The van der Waals surface area contributed by atoms with E-state index < -0.39 is 74.3 Å². The molecule has 2 aromatic carbocycles. The maximum atomic E-state index is 17.0. The fourth-order valence-electron chi connectivity index (χ4n) is 13.5. The van der Waals surface area contributed by atoms with Crippen LogP contribution in [0.2, 0.25) is 0 Å². The van der Waals surface area contributed by atoms with Crippen molar-refractivity contribution < 1.29 is 53.9 Å². The third-order valence-electron chi connectivity index (χ3n) is 18.5. The van der Waals surface area contributed by atoms with Gasteiger partial charge in [0.2, 0.25) is 11.2 Å². The smallest absolute Gasteiger partial charge is 0.307 e. The highest BCUT2D eigenvalue weighted by molar-refractivity contribution is 6.23. The number of carbonyl (C=O) groups excluding carboxylic acids is 5. The fraction of sp³-hybridized carbons (Fsp3) is 0.773. The van der Waals surface area contributed by atoms with Gasteiger partial charge in [-0.1, -0.05) is 298 Å². The Balaban J connectivity index is 2.48. The summed E-state index contributed by atoms with van der Waals surface area (Å²) < 4.78 is 14.3. The summed E-state index contributed by atoms with van der Waals surface area (Å²) in [5.74, 6) is -6.82. The molecule has 1 heterocycles. The van der Waals surface area contributed by atoms with E-state index in [9.17, 15) is 20.4 Å². The van der Waals surface area contributed by atoms with E-state index in [4.69, 9.17) is 9.47 Å². The van der Waals surface area contributed by atoms with Gasteiger partial charge in [0.25, 0.3) is 0 Å². The Kier molecular flexibility index (Phi) is 39.6. The van der Waals surface area contributed by atoms with Gasteiger partial charge in [-0.3, -0.25) is 24.0 Å². The average Bonchev–Trinajstić information content (AvgIpc) is 0.667. The van der Waals surface area contributed by atoms with E-state index in [-0.39, 0.29) is 49.8 Å². The predicted octanol–water partition coefficient (Wildman–Crippen LogP) is 21.2. The van der Waals surface area contributed by atoms with E-state index in [1.165, 1.54) is 56.7 Å². The number of aromatic hydroxyl groups is 4. The molecule has 0 saturated carbocycles. The summed E-state index contributed by atoms with van der Waals surface area (Å²) in [5, 5.41) is 46.7. The number of rotatable bonds is 56. The molecule has 1 aliphatic heterocycles. The van der Waals surface area contributed by atoms with Gasteiger partial charge < -0.3 is 29.9 Å². The lowest BCUT2D eigenvalue weighted by Gasteiger charge is -2.58. The van der Waals surface area contributed by atoms with Crippen LogP contribution in [0.15, 0.2) is 30.3 Å². The number of ketones is 4. The zero-order chi connectivity index (χ0) is 62.7. The molecule has 0 fully saturated rings. The molecule has 3 rings (SSSR count). The molecule has 2 aromatic rings. The molecule has 0 saturated heterocycles. The van der Waals surface area contributed by atoms with Crippen LogP contribution in [0.25, 0.3) is 0 Å². The summed E-state index contributed by atoms with van der Waals surface area (Å²) >= 11 is 0. The van der Waals surface area contributed by atoms with Gasteiger partial charge in [-0.25, -0.2) is 0 Å². The van der Waals surface area contributed by atoms with Crippen molar-refractivity contribution in [3.63, 3.8) is 0 Å². The number of carbonyl (C=O) groups is 5. The van der Waals surface area contributed by atoms with Gasteiger partial charge in [-0.05, 0) is 44.2 Å². The summed E-state index contributed by atoms with van der Waals surface area (Å²) in [6.07, 6.45) is 40.7. The maximum Gasteiger partial charge on any atom is 0.307 e. The van der Waals surface area contributed by atoms with Crippen molar-refractivity contribution in [3.8, 4) is 28.7 Å². The van der Waals surface area contributed by atoms with Crippen LogP contribution in [0.5, 0.6) is 28.7 Å². The maximum absolute atomic E-state index is 17.0. The lowest BCUT2D eigenvalue weighted by Crippen LogP contribution is -2.80. The van der Waals surface area contributed by atoms with Crippen LogP contribution in [-0.2, 0) is 39.7 Å². The largest absolute Gasteiger partial charge is 0.508 e. The molecule has 1 aliphatic rings. The number of hydrogen-bond donors (Lipinski definition) is 4. The van der Waals surface area contributed by atoms with Gasteiger partial charge in [0.1, 0.15) is 17.2 Å². The summed E-state index contributed by atoms with van der Waals surface area (Å²) in [4.78, 5) is 82.6. The minimum Gasteiger partial charge on any atom is -0.508 e. The molecule has 86 heavy (non-hydrogen) atoms. The zero-order valence-corrected chi connectivity index (χ0v) is 55.4. The van der Waals surface area contributed by atoms with E-state index in [0.29, 0.717) is 57.8 Å². The Labute approximate surface area is 523 Å². The second kappa shape index (κ2) is 44.9. The number of phenols is 4. The molecular weight excluding hydrogens is 1080 g/mol. The average molecular weight is 1200 g/mol. The molecule has 0 spiro atoms. The minimum atomic E-state index is -3.12. The SMILES string of the molecule is CCCCCCCCCCCC(=O)OC1(C(=O)CCCCCCCCCCC)C(C(=O)CCCCCCCCCCC)(c2ccc(O)c(O)c2)Oc2cc(O)cc(O)c2C1(C(=O)CCCCCCCCCCC)C(=O)CCCCCCCCCCC. The lowest BCUT2D eigenvalue weighted by atomic mass is 9.49.